The van der Waals surface area contributed by atoms with Gasteiger partial charge >= 0.3 is 41.5 Å². The van der Waals surface area contributed by atoms with E-state index in [1.165, 1.54) is 51.0 Å². The van der Waals surface area contributed by atoms with Crippen molar-refractivity contribution in [3.63, 3.8) is 0 Å². The van der Waals surface area contributed by atoms with Gasteiger partial charge in [-0.05, 0) is 13.3 Å². The molecule has 0 saturated heterocycles. The molecule has 0 heterocycles. The predicted molar refractivity (Wildman–Crippen MR) is 106 cm³/mol. The second-order valence-electron chi connectivity index (χ2n) is 6.85. The summed E-state index contributed by atoms with van der Waals surface area (Å²) in [6, 6.07) is 0. The van der Waals surface area contributed by atoms with Crippen molar-refractivity contribution in [2.45, 2.75) is 96.1 Å². The number of rotatable bonds is 17. The Morgan fingerprint density at radius 3 is 1.86 bits per heavy atom. The quantitative estimate of drug-likeness (QED) is 0.110. The SMILES string of the molecule is C/C=C/OC(=O)CC(C(=O)OCCCCCCCCCCCCC)S(=O)(=O)[O-].[Na+]. The summed E-state index contributed by atoms with van der Waals surface area (Å²) in [6.07, 6.45) is 14.1. The molecular formula is C20H35NaO7S. The molecule has 0 aliphatic rings. The van der Waals surface area contributed by atoms with E-state index in [2.05, 4.69) is 11.7 Å². The van der Waals surface area contributed by atoms with Crippen LogP contribution in [0, 0.1) is 0 Å². The van der Waals surface area contributed by atoms with Crippen molar-refractivity contribution in [2.24, 2.45) is 0 Å². The molecule has 29 heavy (non-hydrogen) atoms. The first kappa shape index (κ1) is 30.8. The molecule has 0 aromatic rings. The van der Waals surface area contributed by atoms with Gasteiger partial charge < -0.3 is 14.0 Å². The number of esters is 2. The van der Waals surface area contributed by atoms with Gasteiger partial charge in [0.15, 0.2) is 5.25 Å². The van der Waals surface area contributed by atoms with Crippen LogP contribution in [0.25, 0.3) is 0 Å². The van der Waals surface area contributed by atoms with Gasteiger partial charge in [-0.25, -0.2) is 8.42 Å². The molecule has 0 spiro atoms. The molecule has 0 aliphatic carbocycles. The van der Waals surface area contributed by atoms with Crippen LogP contribution >= 0.6 is 0 Å². The zero-order chi connectivity index (χ0) is 21.3. The Labute approximate surface area is 198 Å². The smallest absolute Gasteiger partial charge is 0.747 e. The first-order chi connectivity index (χ1) is 13.3. The number of carbonyl (C=O) groups is 2. The molecule has 0 aromatic carbocycles. The number of hydrogen-bond acceptors (Lipinski definition) is 7. The van der Waals surface area contributed by atoms with Gasteiger partial charge in [-0.15, -0.1) is 0 Å². The van der Waals surface area contributed by atoms with E-state index in [1.54, 1.807) is 6.92 Å². The van der Waals surface area contributed by atoms with Gasteiger partial charge in [0, 0.05) is 0 Å². The third-order valence-corrected chi connectivity index (χ3v) is 5.35. The van der Waals surface area contributed by atoms with Gasteiger partial charge in [-0.2, -0.15) is 0 Å². The van der Waals surface area contributed by atoms with Crippen LogP contribution in [0.3, 0.4) is 0 Å². The summed E-state index contributed by atoms with van der Waals surface area (Å²) in [6.45, 7) is 3.83. The van der Waals surface area contributed by atoms with Crippen molar-refractivity contribution in [2.75, 3.05) is 6.61 Å². The minimum absolute atomic E-state index is 0. The van der Waals surface area contributed by atoms with Crippen LogP contribution in [0.5, 0.6) is 0 Å². The van der Waals surface area contributed by atoms with Crippen molar-refractivity contribution in [3.8, 4) is 0 Å². The molecule has 7 nitrogen and oxygen atoms in total. The van der Waals surface area contributed by atoms with Crippen molar-refractivity contribution < 1.29 is 61.6 Å². The molecule has 0 saturated carbocycles. The van der Waals surface area contributed by atoms with E-state index >= 15 is 0 Å². The van der Waals surface area contributed by atoms with Crippen LogP contribution in [0.1, 0.15) is 90.9 Å². The molecule has 9 heteroatoms. The summed E-state index contributed by atoms with van der Waals surface area (Å²) in [5, 5.41) is -2.07. The van der Waals surface area contributed by atoms with Crippen molar-refractivity contribution in [3.05, 3.63) is 12.3 Å². The molecule has 0 fully saturated rings. The summed E-state index contributed by atoms with van der Waals surface area (Å²) in [4.78, 5) is 23.3. The molecule has 0 N–H and O–H groups in total. The zero-order valence-corrected chi connectivity index (χ0v) is 21.0. The Morgan fingerprint density at radius 2 is 1.41 bits per heavy atom. The summed E-state index contributed by atoms with van der Waals surface area (Å²) in [5.74, 6) is -2.17. The first-order valence-corrected chi connectivity index (χ1v) is 11.7. The second kappa shape index (κ2) is 19.5. The van der Waals surface area contributed by atoms with Crippen molar-refractivity contribution in [1.82, 2.24) is 0 Å². The molecule has 0 amide bonds. The molecule has 0 aliphatic heterocycles. The van der Waals surface area contributed by atoms with Gasteiger partial charge in [-0.3, -0.25) is 9.59 Å². The molecular weight excluding hydrogens is 407 g/mol. The van der Waals surface area contributed by atoms with Crippen LogP contribution in [0.2, 0.25) is 0 Å². The van der Waals surface area contributed by atoms with E-state index in [9.17, 15) is 22.6 Å². The van der Waals surface area contributed by atoms with E-state index in [-0.39, 0.29) is 36.2 Å². The standard InChI is InChI=1S/C20H36O7S.Na/c1-3-5-6-7-8-9-10-11-12-13-14-16-27-20(22)18(28(23,24)25)17-19(21)26-15-4-2;/h4,15,18H,3,5-14,16-17H2,1-2H3,(H,23,24,25);/q;+1/p-1/b15-4+;. The van der Waals surface area contributed by atoms with Crippen molar-refractivity contribution in [1.29, 1.82) is 0 Å². The summed E-state index contributed by atoms with van der Waals surface area (Å²) in [7, 11) is -5.00. The number of carbonyl (C=O) groups excluding carboxylic acids is 2. The molecule has 0 bridgehead atoms. The maximum Gasteiger partial charge on any atom is 1.00 e. The zero-order valence-electron chi connectivity index (χ0n) is 18.2. The maximum absolute atomic E-state index is 11.9. The number of hydrogen-bond donors (Lipinski definition) is 0. The van der Waals surface area contributed by atoms with Crippen molar-refractivity contribution >= 4 is 22.1 Å². The topological polar surface area (TPSA) is 110 Å². The fourth-order valence-electron chi connectivity index (χ4n) is 2.68. The fourth-order valence-corrected chi connectivity index (χ4v) is 3.32. The minimum atomic E-state index is -5.00. The molecule has 164 valence electrons. The Balaban J connectivity index is 0. The van der Waals surface area contributed by atoms with Gasteiger partial charge in [-0.1, -0.05) is 77.2 Å². The Hall–Kier alpha value is -0.410. The normalized spacial score (nSPS) is 12.4. The minimum Gasteiger partial charge on any atom is -0.747 e. The van der Waals surface area contributed by atoms with Gasteiger partial charge in [0.2, 0.25) is 0 Å². The average Bonchev–Trinajstić information content (AvgIpc) is 2.64. The fraction of sp³-hybridized carbons (Fsp3) is 0.800. The number of allylic oxidation sites excluding steroid dienone is 1. The second-order valence-corrected chi connectivity index (χ2v) is 8.40. The first-order valence-electron chi connectivity index (χ1n) is 10.2. The largest absolute Gasteiger partial charge is 1.00 e. The number of ether oxygens (including phenoxy) is 2. The van der Waals surface area contributed by atoms with E-state index in [4.69, 9.17) is 4.74 Å². The summed E-state index contributed by atoms with van der Waals surface area (Å²) in [5.41, 5.74) is 0. The Morgan fingerprint density at radius 1 is 0.931 bits per heavy atom. The predicted octanol–water partition coefficient (Wildman–Crippen LogP) is 1.23. The van der Waals surface area contributed by atoms with Crippen LogP contribution in [-0.2, 0) is 29.2 Å². The van der Waals surface area contributed by atoms with E-state index in [0.29, 0.717) is 6.42 Å². The molecule has 0 aromatic heterocycles. The van der Waals surface area contributed by atoms with Crippen LogP contribution < -0.4 is 29.6 Å². The van der Waals surface area contributed by atoms with E-state index in [0.717, 1.165) is 25.5 Å². The molecule has 1 atom stereocenters. The van der Waals surface area contributed by atoms with Crippen LogP contribution in [-0.4, -0.2) is 36.8 Å². The van der Waals surface area contributed by atoms with Gasteiger partial charge in [0.1, 0.15) is 10.1 Å². The van der Waals surface area contributed by atoms with E-state index in [1.807, 2.05) is 0 Å². The van der Waals surface area contributed by atoms with Gasteiger partial charge in [0.25, 0.3) is 0 Å². The maximum atomic E-state index is 11.9. The van der Waals surface area contributed by atoms with Gasteiger partial charge in [0.05, 0.1) is 19.3 Å². The monoisotopic (exact) mass is 442 g/mol. The Bertz CT molecular complexity index is 561. The molecule has 0 rings (SSSR count). The van der Waals surface area contributed by atoms with Crippen LogP contribution in [0.4, 0.5) is 0 Å². The Kier molecular flexibility index (Phi) is 20.7. The van der Waals surface area contributed by atoms with E-state index < -0.39 is 33.7 Å². The molecule has 0 radical (unpaired) electrons. The molecule has 1 unspecified atom stereocenters. The van der Waals surface area contributed by atoms with Crippen LogP contribution in [0.15, 0.2) is 12.3 Å². The third-order valence-electron chi connectivity index (χ3n) is 4.29. The average molecular weight is 443 g/mol. The summed E-state index contributed by atoms with van der Waals surface area (Å²) >= 11 is 0. The number of unbranched alkanes of at least 4 members (excludes halogenated alkanes) is 10. The third kappa shape index (κ3) is 18.1. The summed E-state index contributed by atoms with van der Waals surface area (Å²) < 4.78 is 43.1.